The largest absolute Gasteiger partial charge is 0.573 e. The van der Waals surface area contributed by atoms with Gasteiger partial charge >= 0.3 is 6.36 Å². The van der Waals surface area contributed by atoms with E-state index in [-0.39, 0.29) is 15.6 Å². The lowest BCUT2D eigenvalue weighted by Crippen LogP contribution is -2.19. The lowest BCUT2D eigenvalue weighted by molar-refractivity contribution is -0.275. The molecule has 0 bridgehead atoms. The first-order valence-corrected chi connectivity index (χ1v) is 4.37. The van der Waals surface area contributed by atoms with E-state index in [0.717, 1.165) is 6.07 Å². The second-order valence-electron chi connectivity index (χ2n) is 2.19. The first-order chi connectivity index (χ1) is 6.44. The van der Waals surface area contributed by atoms with Crippen molar-refractivity contribution >= 4 is 28.9 Å². The molecule has 0 aliphatic carbocycles. The van der Waals surface area contributed by atoms with E-state index in [1.165, 1.54) is 6.20 Å². The molecule has 14 heavy (non-hydrogen) atoms. The van der Waals surface area contributed by atoms with Crippen LogP contribution in [0.25, 0.3) is 0 Å². The zero-order valence-corrected chi connectivity index (χ0v) is 8.67. The van der Waals surface area contributed by atoms with E-state index in [1.54, 1.807) is 22.6 Å². The highest BCUT2D eigenvalue weighted by Gasteiger charge is 2.33. The molecule has 1 heterocycles. The number of ether oxygens (including phenoxy) is 1. The normalized spacial score (nSPS) is 11.1. The lowest BCUT2D eigenvalue weighted by atomic mass is 10.3. The summed E-state index contributed by atoms with van der Waals surface area (Å²) < 4.78 is 39.2. The molecular weight excluding hydrogens is 314 g/mol. The molecule has 0 radical (unpaired) electrons. The standard InChI is InChI=1S/C7H3F3INO2/c8-7(9,10)14-5-4(3-13)1-2-12-6(5)11/h1-3H. The van der Waals surface area contributed by atoms with E-state index in [2.05, 4.69) is 9.72 Å². The maximum atomic E-state index is 11.9. The highest BCUT2D eigenvalue weighted by molar-refractivity contribution is 14.1. The van der Waals surface area contributed by atoms with Crippen LogP contribution in [0.4, 0.5) is 13.2 Å². The Kier molecular flexibility index (Phi) is 3.29. The molecule has 1 aromatic heterocycles. The summed E-state index contributed by atoms with van der Waals surface area (Å²) in [6, 6.07) is 1.15. The van der Waals surface area contributed by atoms with Crippen molar-refractivity contribution < 1.29 is 22.7 Å². The van der Waals surface area contributed by atoms with Gasteiger partial charge in [-0.15, -0.1) is 13.2 Å². The number of rotatable bonds is 2. The number of alkyl halides is 3. The van der Waals surface area contributed by atoms with Crippen molar-refractivity contribution in [1.29, 1.82) is 0 Å². The highest BCUT2D eigenvalue weighted by atomic mass is 127. The van der Waals surface area contributed by atoms with Gasteiger partial charge in [0.05, 0.1) is 5.56 Å². The molecule has 0 aliphatic rings. The predicted octanol–water partition coefficient (Wildman–Crippen LogP) is 2.40. The van der Waals surface area contributed by atoms with Crippen LogP contribution in [0.15, 0.2) is 12.3 Å². The number of aromatic nitrogens is 1. The fraction of sp³-hybridized carbons (Fsp3) is 0.143. The molecule has 7 heteroatoms. The van der Waals surface area contributed by atoms with Gasteiger partial charge in [-0.1, -0.05) is 0 Å². The Bertz CT molecular complexity index is 353. The fourth-order valence-electron chi connectivity index (χ4n) is 0.746. The van der Waals surface area contributed by atoms with Gasteiger partial charge in [0.25, 0.3) is 0 Å². The third-order valence-corrected chi connectivity index (χ3v) is 2.00. The van der Waals surface area contributed by atoms with Gasteiger partial charge in [0.2, 0.25) is 0 Å². The van der Waals surface area contributed by atoms with Gasteiger partial charge in [-0.05, 0) is 28.7 Å². The van der Waals surface area contributed by atoms with Gasteiger partial charge in [0.1, 0.15) is 3.70 Å². The smallest absolute Gasteiger partial charge is 0.402 e. The van der Waals surface area contributed by atoms with Crippen LogP contribution in [0.2, 0.25) is 0 Å². The molecule has 0 saturated carbocycles. The van der Waals surface area contributed by atoms with Gasteiger partial charge < -0.3 is 4.74 Å². The molecule has 76 valence electrons. The Morgan fingerprint density at radius 3 is 2.64 bits per heavy atom. The number of nitrogens with zero attached hydrogens (tertiary/aromatic N) is 1. The van der Waals surface area contributed by atoms with Gasteiger partial charge in [0.15, 0.2) is 12.0 Å². The molecule has 0 spiro atoms. The topological polar surface area (TPSA) is 39.2 Å². The second-order valence-corrected chi connectivity index (χ2v) is 3.21. The maximum Gasteiger partial charge on any atom is 0.573 e. The van der Waals surface area contributed by atoms with Crippen molar-refractivity contribution in [2.24, 2.45) is 0 Å². The summed E-state index contributed by atoms with van der Waals surface area (Å²) in [5, 5.41) is 0. The van der Waals surface area contributed by atoms with Crippen LogP contribution < -0.4 is 4.74 Å². The van der Waals surface area contributed by atoms with Gasteiger partial charge in [-0.25, -0.2) is 4.98 Å². The Morgan fingerprint density at radius 1 is 1.50 bits per heavy atom. The quantitative estimate of drug-likeness (QED) is 0.478. The van der Waals surface area contributed by atoms with Crippen LogP contribution in [0.5, 0.6) is 5.75 Å². The molecule has 0 atom stereocenters. The Hall–Kier alpha value is -0.860. The van der Waals surface area contributed by atoms with Gasteiger partial charge in [-0.2, -0.15) is 0 Å². The molecule has 3 nitrogen and oxygen atoms in total. The third-order valence-electron chi connectivity index (χ3n) is 1.24. The van der Waals surface area contributed by atoms with E-state index in [9.17, 15) is 18.0 Å². The maximum absolute atomic E-state index is 11.9. The summed E-state index contributed by atoms with van der Waals surface area (Å²) >= 11 is 1.55. The molecule has 0 aliphatic heterocycles. The average molecular weight is 317 g/mol. The van der Waals surface area contributed by atoms with Crippen LogP contribution >= 0.6 is 22.6 Å². The molecule has 0 fully saturated rings. The molecule has 1 rings (SSSR count). The fourth-order valence-corrected chi connectivity index (χ4v) is 1.33. The highest BCUT2D eigenvalue weighted by Crippen LogP contribution is 2.28. The Labute approximate surface area is 90.4 Å². The Morgan fingerprint density at radius 2 is 2.14 bits per heavy atom. The number of aldehydes is 1. The van der Waals surface area contributed by atoms with Crippen molar-refractivity contribution in [3.8, 4) is 5.75 Å². The summed E-state index contributed by atoms with van der Waals surface area (Å²) in [7, 11) is 0. The number of halogens is 4. The lowest BCUT2D eigenvalue weighted by Gasteiger charge is -2.11. The van der Waals surface area contributed by atoms with E-state index in [4.69, 9.17) is 0 Å². The third kappa shape index (κ3) is 2.82. The SMILES string of the molecule is O=Cc1ccnc(I)c1OC(F)(F)F. The van der Waals surface area contributed by atoms with E-state index < -0.39 is 12.1 Å². The van der Waals surface area contributed by atoms with Crippen molar-refractivity contribution in [2.75, 3.05) is 0 Å². The molecule has 0 aromatic carbocycles. The number of carbonyl (C=O) groups is 1. The molecule has 1 aromatic rings. The summed E-state index contributed by atoms with van der Waals surface area (Å²) in [5.74, 6) is -0.560. The summed E-state index contributed by atoms with van der Waals surface area (Å²) in [6.45, 7) is 0. The van der Waals surface area contributed by atoms with Gasteiger partial charge in [-0.3, -0.25) is 4.79 Å². The van der Waals surface area contributed by atoms with Crippen LogP contribution in [-0.4, -0.2) is 17.6 Å². The monoisotopic (exact) mass is 317 g/mol. The molecular formula is C7H3F3INO2. The molecule has 0 unspecified atom stereocenters. The van der Waals surface area contributed by atoms with Crippen LogP contribution in [0.1, 0.15) is 10.4 Å². The van der Waals surface area contributed by atoms with Crippen LogP contribution in [0.3, 0.4) is 0 Å². The first-order valence-electron chi connectivity index (χ1n) is 3.29. The summed E-state index contributed by atoms with van der Waals surface area (Å²) in [6.07, 6.45) is -3.31. The minimum Gasteiger partial charge on any atom is -0.402 e. The van der Waals surface area contributed by atoms with E-state index in [1.807, 2.05) is 0 Å². The van der Waals surface area contributed by atoms with Crippen LogP contribution in [-0.2, 0) is 0 Å². The molecule has 0 saturated heterocycles. The minimum atomic E-state index is -4.82. The minimum absolute atomic E-state index is 0.00970. The van der Waals surface area contributed by atoms with Crippen LogP contribution in [0, 0.1) is 3.70 Å². The van der Waals surface area contributed by atoms with Crippen molar-refractivity contribution in [1.82, 2.24) is 4.98 Å². The predicted molar refractivity (Wildman–Crippen MR) is 49.0 cm³/mol. The average Bonchev–Trinajstić information content (AvgIpc) is 2.06. The van der Waals surface area contributed by atoms with Crippen molar-refractivity contribution in [3.63, 3.8) is 0 Å². The number of pyridine rings is 1. The zero-order valence-electron chi connectivity index (χ0n) is 6.51. The summed E-state index contributed by atoms with van der Waals surface area (Å²) in [5.41, 5.74) is -0.179. The number of carbonyl (C=O) groups excluding carboxylic acids is 1. The Balaban J connectivity index is 3.11. The number of hydrogen-bond donors (Lipinski definition) is 0. The summed E-state index contributed by atoms with van der Waals surface area (Å²) in [4.78, 5) is 14.0. The molecule has 0 amide bonds. The second kappa shape index (κ2) is 4.11. The molecule has 0 N–H and O–H groups in total. The van der Waals surface area contributed by atoms with Crippen molar-refractivity contribution in [3.05, 3.63) is 21.5 Å². The zero-order chi connectivity index (χ0) is 10.8. The number of hydrogen-bond acceptors (Lipinski definition) is 3. The van der Waals surface area contributed by atoms with Crippen molar-refractivity contribution in [2.45, 2.75) is 6.36 Å². The van der Waals surface area contributed by atoms with E-state index in [0.29, 0.717) is 0 Å². The van der Waals surface area contributed by atoms with Gasteiger partial charge in [0, 0.05) is 6.20 Å². The first kappa shape index (κ1) is 11.2. The van der Waals surface area contributed by atoms with E-state index >= 15 is 0 Å².